The third-order valence-corrected chi connectivity index (χ3v) is 7.10. The highest BCUT2D eigenvalue weighted by Crippen LogP contribution is 2.22. The van der Waals surface area contributed by atoms with Gasteiger partial charge in [0.05, 0.1) is 15.9 Å². The Bertz CT molecular complexity index is 1050. The summed E-state index contributed by atoms with van der Waals surface area (Å²) in [7, 11) is -0.334. The zero-order valence-corrected chi connectivity index (χ0v) is 17.0. The number of hydrogen-bond acceptors (Lipinski definition) is 4. The van der Waals surface area contributed by atoms with Gasteiger partial charge < -0.3 is 10.2 Å². The van der Waals surface area contributed by atoms with E-state index in [-0.39, 0.29) is 10.6 Å². The molecule has 1 saturated heterocycles. The molecule has 0 atom stereocenters. The molecule has 1 aliphatic rings. The van der Waals surface area contributed by atoms with Crippen LogP contribution in [0.15, 0.2) is 40.5 Å². The lowest BCUT2D eigenvalue weighted by Gasteiger charge is -2.35. The third-order valence-electron chi connectivity index (χ3n) is 4.80. The van der Waals surface area contributed by atoms with Crippen molar-refractivity contribution in [2.75, 3.05) is 32.7 Å². The third kappa shape index (κ3) is 3.52. The topological polar surface area (TPSA) is 79.6 Å². The van der Waals surface area contributed by atoms with Gasteiger partial charge in [0.1, 0.15) is 0 Å². The maximum absolute atomic E-state index is 13.0. The molecule has 0 unspecified atom stereocenters. The smallest absolute Gasteiger partial charge is 0.328 e. The number of hydrogen-bond donors (Lipinski definition) is 1. The number of sulfonamides is 1. The number of imidazole rings is 1. The van der Waals surface area contributed by atoms with Crippen molar-refractivity contribution < 1.29 is 8.42 Å². The predicted octanol–water partition coefficient (Wildman–Crippen LogP) is 0.244. The average Bonchev–Trinajstić information content (AvgIpc) is 2.90. The molecule has 2 aromatic rings. The summed E-state index contributed by atoms with van der Waals surface area (Å²) in [5, 5.41) is 3.66. The number of nitrogens with one attached hydrogen (secondary N) is 1. The molecule has 8 nitrogen and oxygen atoms in total. The first-order chi connectivity index (χ1) is 12.8. The van der Waals surface area contributed by atoms with Gasteiger partial charge in [-0.25, -0.2) is 13.2 Å². The van der Waals surface area contributed by atoms with E-state index < -0.39 is 10.0 Å². The van der Waals surface area contributed by atoms with Gasteiger partial charge in [-0.05, 0) is 30.4 Å². The molecule has 3 rings (SSSR count). The molecule has 0 amide bonds. The summed E-state index contributed by atoms with van der Waals surface area (Å²) < 4.78 is 30.5. The summed E-state index contributed by atoms with van der Waals surface area (Å²) in [6.07, 6.45) is 1.72. The zero-order chi connectivity index (χ0) is 19.8. The first kappa shape index (κ1) is 19.6. The van der Waals surface area contributed by atoms with E-state index in [9.17, 15) is 13.2 Å². The Morgan fingerprint density at radius 3 is 2.44 bits per heavy atom. The minimum atomic E-state index is -3.64. The van der Waals surface area contributed by atoms with Crippen molar-refractivity contribution in [1.29, 1.82) is 0 Å². The Morgan fingerprint density at radius 2 is 1.81 bits per heavy atom. The van der Waals surface area contributed by atoms with Crippen LogP contribution in [-0.4, -0.2) is 64.6 Å². The van der Waals surface area contributed by atoms with Crippen LogP contribution in [0.1, 0.15) is 0 Å². The molecular weight excluding hydrogens is 386 g/mol. The number of rotatable bonds is 4. The number of aromatic nitrogens is 2. The second kappa shape index (κ2) is 7.45. The second-order valence-corrected chi connectivity index (χ2v) is 8.74. The Kier molecular flexibility index (Phi) is 5.41. The predicted molar refractivity (Wildman–Crippen MR) is 109 cm³/mol. The van der Waals surface area contributed by atoms with E-state index >= 15 is 0 Å². The summed E-state index contributed by atoms with van der Waals surface area (Å²) in [4.78, 5) is 14.2. The minimum Gasteiger partial charge on any atom is -0.359 e. The highest BCUT2D eigenvalue weighted by molar-refractivity contribution is 7.89. The van der Waals surface area contributed by atoms with Crippen LogP contribution >= 0.6 is 12.2 Å². The lowest BCUT2D eigenvalue weighted by molar-refractivity contribution is 0.264. The van der Waals surface area contributed by atoms with Gasteiger partial charge in [-0.3, -0.25) is 9.13 Å². The molecule has 1 fully saturated rings. The molecule has 0 bridgehead atoms. The molecule has 1 N–H and O–H groups in total. The summed E-state index contributed by atoms with van der Waals surface area (Å²) in [5.74, 6) is 0. The van der Waals surface area contributed by atoms with E-state index in [1.54, 1.807) is 38.4 Å². The summed E-state index contributed by atoms with van der Waals surface area (Å²) in [6, 6.07) is 4.79. The molecule has 1 aliphatic heterocycles. The fourth-order valence-electron chi connectivity index (χ4n) is 3.20. The van der Waals surface area contributed by atoms with Gasteiger partial charge in [-0.1, -0.05) is 6.08 Å². The molecule has 146 valence electrons. The van der Waals surface area contributed by atoms with Crippen LogP contribution in [0.5, 0.6) is 0 Å². The van der Waals surface area contributed by atoms with E-state index in [2.05, 4.69) is 11.9 Å². The normalized spacial score (nSPS) is 15.9. The summed E-state index contributed by atoms with van der Waals surface area (Å²) in [5.41, 5.74) is 1.11. The number of fused-ring (bicyclic) bond motifs is 1. The Labute approximate surface area is 163 Å². The van der Waals surface area contributed by atoms with Gasteiger partial charge in [0.2, 0.25) is 10.0 Å². The quantitative estimate of drug-likeness (QED) is 0.576. The zero-order valence-electron chi connectivity index (χ0n) is 15.4. The fraction of sp³-hybridized carbons (Fsp3) is 0.412. The van der Waals surface area contributed by atoms with Gasteiger partial charge in [0.25, 0.3) is 0 Å². The van der Waals surface area contributed by atoms with Gasteiger partial charge >= 0.3 is 5.69 Å². The largest absolute Gasteiger partial charge is 0.359 e. The summed E-state index contributed by atoms with van der Waals surface area (Å²) in [6.45, 7) is 5.96. The van der Waals surface area contributed by atoms with Gasteiger partial charge in [-0.15, -0.1) is 6.58 Å². The number of thiocarbonyl (C=S) groups is 1. The molecule has 0 aliphatic carbocycles. The Hall–Kier alpha value is -2.17. The van der Waals surface area contributed by atoms with Crippen molar-refractivity contribution in [1.82, 2.24) is 23.7 Å². The van der Waals surface area contributed by atoms with E-state index in [0.29, 0.717) is 48.9 Å². The molecule has 27 heavy (non-hydrogen) atoms. The lowest BCUT2D eigenvalue weighted by atomic mass is 10.3. The van der Waals surface area contributed by atoms with Crippen molar-refractivity contribution >= 4 is 38.4 Å². The van der Waals surface area contributed by atoms with Crippen molar-refractivity contribution in [2.24, 2.45) is 14.1 Å². The molecule has 0 radical (unpaired) electrons. The maximum Gasteiger partial charge on any atom is 0.328 e. The molecular formula is C17H23N5O3S2. The van der Waals surface area contributed by atoms with Crippen LogP contribution in [0.4, 0.5) is 0 Å². The number of aryl methyl sites for hydroxylation is 2. The fourth-order valence-corrected chi connectivity index (χ4v) is 4.91. The van der Waals surface area contributed by atoms with Crippen LogP contribution in [0.25, 0.3) is 11.0 Å². The van der Waals surface area contributed by atoms with Crippen LogP contribution in [0.2, 0.25) is 0 Å². The molecule has 0 spiro atoms. The summed E-state index contributed by atoms with van der Waals surface area (Å²) >= 11 is 5.31. The SMILES string of the molecule is C=CCNC(=S)N1CCN(S(=O)(=O)c2ccc3c(c2)n(C)c(=O)n3C)CC1. The highest BCUT2D eigenvalue weighted by atomic mass is 32.2. The maximum atomic E-state index is 13.0. The molecule has 1 aromatic heterocycles. The first-order valence-corrected chi connectivity index (χ1v) is 10.4. The standard InChI is InChI=1S/C17H23N5O3S2/c1-4-7-18-16(26)21-8-10-22(11-9-21)27(24,25)13-5-6-14-15(12-13)20(3)17(23)19(14)2/h4-6,12H,1,7-11H2,2-3H3,(H,18,26). The van der Waals surface area contributed by atoms with Crippen molar-refractivity contribution in [3.8, 4) is 0 Å². The molecule has 2 heterocycles. The average molecular weight is 410 g/mol. The van der Waals surface area contributed by atoms with E-state index in [4.69, 9.17) is 12.2 Å². The van der Waals surface area contributed by atoms with Crippen molar-refractivity contribution in [3.05, 3.63) is 41.3 Å². The number of piperazine rings is 1. The van der Waals surface area contributed by atoms with Crippen molar-refractivity contribution in [3.63, 3.8) is 0 Å². The molecule has 0 saturated carbocycles. The van der Waals surface area contributed by atoms with Crippen LogP contribution in [0.3, 0.4) is 0 Å². The van der Waals surface area contributed by atoms with Gasteiger partial charge in [-0.2, -0.15) is 4.31 Å². The van der Waals surface area contributed by atoms with Gasteiger partial charge in [0.15, 0.2) is 5.11 Å². The van der Waals surface area contributed by atoms with Crippen LogP contribution < -0.4 is 11.0 Å². The Morgan fingerprint density at radius 1 is 1.19 bits per heavy atom. The highest BCUT2D eigenvalue weighted by Gasteiger charge is 2.29. The van der Waals surface area contributed by atoms with Crippen LogP contribution in [0, 0.1) is 0 Å². The monoisotopic (exact) mass is 409 g/mol. The molecule has 1 aromatic carbocycles. The van der Waals surface area contributed by atoms with E-state index in [0.717, 1.165) is 0 Å². The minimum absolute atomic E-state index is 0.186. The first-order valence-electron chi connectivity index (χ1n) is 8.56. The second-order valence-electron chi connectivity index (χ2n) is 6.42. The number of nitrogens with zero attached hydrogens (tertiary/aromatic N) is 4. The Balaban J connectivity index is 1.80. The van der Waals surface area contributed by atoms with Gasteiger partial charge in [0, 0.05) is 46.8 Å². The van der Waals surface area contributed by atoms with E-state index in [1.807, 2.05) is 4.90 Å². The van der Waals surface area contributed by atoms with E-state index in [1.165, 1.54) is 13.4 Å². The van der Waals surface area contributed by atoms with Crippen LogP contribution in [-0.2, 0) is 24.1 Å². The molecule has 10 heteroatoms. The number of benzene rings is 1. The van der Waals surface area contributed by atoms with Crippen molar-refractivity contribution in [2.45, 2.75) is 4.90 Å². The lowest BCUT2D eigenvalue weighted by Crippen LogP contribution is -2.53.